The lowest BCUT2D eigenvalue weighted by atomic mass is 10.4. The molecular formula is C5H10Cl3NO. The predicted molar refractivity (Wildman–Crippen MR) is 44.9 cm³/mol. The van der Waals surface area contributed by atoms with Crippen molar-refractivity contribution in [2.24, 2.45) is 0 Å². The van der Waals surface area contributed by atoms with Crippen LogP contribution in [-0.2, 0) is 0 Å². The van der Waals surface area contributed by atoms with Gasteiger partial charge in [0.2, 0.25) is 3.79 Å². The summed E-state index contributed by atoms with van der Waals surface area (Å²) in [5.41, 5.74) is 0. The van der Waals surface area contributed by atoms with Gasteiger partial charge in [-0.05, 0) is 14.1 Å². The lowest BCUT2D eigenvalue weighted by Gasteiger charge is -2.21. The van der Waals surface area contributed by atoms with E-state index < -0.39 is 9.90 Å². The Morgan fingerprint density at radius 3 is 1.90 bits per heavy atom. The van der Waals surface area contributed by atoms with Crippen LogP contribution in [0.15, 0.2) is 0 Å². The Morgan fingerprint density at radius 2 is 1.80 bits per heavy atom. The highest BCUT2D eigenvalue weighted by molar-refractivity contribution is 6.68. The Morgan fingerprint density at radius 1 is 1.40 bits per heavy atom. The highest BCUT2D eigenvalue weighted by Gasteiger charge is 2.30. The topological polar surface area (TPSA) is 23.5 Å². The summed E-state index contributed by atoms with van der Waals surface area (Å²) in [7, 11) is 3.58. The van der Waals surface area contributed by atoms with Crippen molar-refractivity contribution in [1.29, 1.82) is 0 Å². The van der Waals surface area contributed by atoms with E-state index in [1.807, 2.05) is 0 Å². The maximum absolute atomic E-state index is 9.12. The number of hydrogen-bond acceptors (Lipinski definition) is 2. The summed E-state index contributed by atoms with van der Waals surface area (Å²) in [4.78, 5) is 1.74. The van der Waals surface area contributed by atoms with Crippen molar-refractivity contribution in [3.8, 4) is 0 Å². The first-order chi connectivity index (χ1) is 4.34. The molecule has 0 aliphatic rings. The minimum Gasteiger partial charge on any atom is -0.387 e. The van der Waals surface area contributed by atoms with Gasteiger partial charge in [-0.2, -0.15) is 0 Å². The highest BCUT2D eigenvalue weighted by Crippen LogP contribution is 2.30. The Hall–Kier alpha value is 0.790. The molecule has 62 valence electrons. The maximum atomic E-state index is 9.12. The molecule has 0 spiro atoms. The smallest absolute Gasteiger partial charge is 0.217 e. The normalized spacial score (nSPS) is 15.9. The first kappa shape index (κ1) is 10.8. The minimum absolute atomic E-state index is 0.344. The van der Waals surface area contributed by atoms with Gasteiger partial charge in [0.1, 0.15) is 6.10 Å². The fourth-order valence-corrected chi connectivity index (χ4v) is 0.656. The van der Waals surface area contributed by atoms with E-state index in [4.69, 9.17) is 39.9 Å². The molecule has 0 saturated heterocycles. The van der Waals surface area contributed by atoms with Crippen molar-refractivity contribution in [3.05, 3.63) is 0 Å². The van der Waals surface area contributed by atoms with Crippen molar-refractivity contribution in [2.45, 2.75) is 9.90 Å². The number of alkyl halides is 3. The highest BCUT2D eigenvalue weighted by atomic mass is 35.6. The van der Waals surface area contributed by atoms with Gasteiger partial charge in [-0.15, -0.1) is 0 Å². The molecule has 0 rings (SSSR count). The summed E-state index contributed by atoms with van der Waals surface area (Å²) in [6, 6.07) is 0. The molecule has 0 heterocycles. The third-order valence-corrected chi connectivity index (χ3v) is 1.67. The van der Waals surface area contributed by atoms with Crippen LogP contribution in [0.1, 0.15) is 0 Å². The summed E-state index contributed by atoms with van der Waals surface area (Å²) in [6.45, 7) is 0.344. The summed E-state index contributed by atoms with van der Waals surface area (Å²) >= 11 is 16.1. The van der Waals surface area contributed by atoms with Gasteiger partial charge in [0.15, 0.2) is 0 Å². The van der Waals surface area contributed by atoms with E-state index in [0.29, 0.717) is 6.54 Å². The van der Waals surface area contributed by atoms with Crippen LogP contribution in [0, 0.1) is 0 Å². The van der Waals surface area contributed by atoms with E-state index in [1.165, 1.54) is 0 Å². The Balaban J connectivity index is 3.73. The summed E-state index contributed by atoms with van der Waals surface area (Å²) < 4.78 is -1.58. The number of likely N-dealkylation sites (N-methyl/N-ethyl adjacent to an activating group) is 1. The first-order valence-corrected chi connectivity index (χ1v) is 3.87. The lowest BCUT2D eigenvalue weighted by Crippen LogP contribution is -2.35. The molecule has 0 bridgehead atoms. The SMILES string of the molecule is CN(C)CC(O)C(Cl)(Cl)Cl. The lowest BCUT2D eigenvalue weighted by molar-refractivity contribution is 0.140. The van der Waals surface area contributed by atoms with Gasteiger partial charge in [0.05, 0.1) is 0 Å². The fourth-order valence-electron chi connectivity index (χ4n) is 0.449. The molecule has 0 aromatic heterocycles. The van der Waals surface area contributed by atoms with Gasteiger partial charge in [0, 0.05) is 6.54 Å². The third-order valence-electron chi connectivity index (χ3n) is 0.916. The van der Waals surface area contributed by atoms with Crippen LogP contribution >= 0.6 is 34.8 Å². The van der Waals surface area contributed by atoms with E-state index in [9.17, 15) is 0 Å². The van der Waals surface area contributed by atoms with Crippen molar-refractivity contribution >= 4 is 34.8 Å². The second kappa shape index (κ2) is 3.98. The quantitative estimate of drug-likeness (QED) is 0.688. The van der Waals surface area contributed by atoms with Crippen molar-refractivity contribution < 1.29 is 5.11 Å². The van der Waals surface area contributed by atoms with Crippen molar-refractivity contribution in [3.63, 3.8) is 0 Å². The Labute approximate surface area is 75.7 Å². The minimum atomic E-state index is -1.58. The van der Waals surface area contributed by atoms with Crippen LogP contribution in [0.3, 0.4) is 0 Å². The monoisotopic (exact) mass is 205 g/mol. The van der Waals surface area contributed by atoms with E-state index >= 15 is 0 Å². The van der Waals surface area contributed by atoms with E-state index in [0.717, 1.165) is 0 Å². The van der Waals surface area contributed by atoms with E-state index in [-0.39, 0.29) is 0 Å². The molecule has 0 aromatic carbocycles. The molecule has 1 atom stereocenters. The molecule has 0 amide bonds. The summed E-state index contributed by atoms with van der Waals surface area (Å²) in [5.74, 6) is 0. The zero-order chi connectivity index (χ0) is 8.36. The number of rotatable bonds is 2. The maximum Gasteiger partial charge on any atom is 0.217 e. The van der Waals surface area contributed by atoms with Crippen molar-refractivity contribution in [1.82, 2.24) is 4.90 Å². The van der Waals surface area contributed by atoms with Gasteiger partial charge < -0.3 is 10.0 Å². The third kappa shape index (κ3) is 4.58. The molecule has 10 heavy (non-hydrogen) atoms. The van der Waals surface area contributed by atoms with Crippen molar-refractivity contribution in [2.75, 3.05) is 20.6 Å². The fraction of sp³-hybridized carbons (Fsp3) is 1.00. The molecule has 0 fully saturated rings. The average molecular weight is 206 g/mol. The van der Waals surface area contributed by atoms with Crippen LogP contribution in [0.4, 0.5) is 0 Å². The predicted octanol–water partition coefficient (Wildman–Crippen LogP) is 1.28. The molecule has 0 aliphatic heterocycles. The molecule has 0 aliphatic carbocycles. The zero-order valence-electron chi connectivity index (χ0n) is 5.81. The van der Waals surface area contributed by atoms with E-state index in [1.54, 1.807) is 19.0 Å². The zero-order valence-corrected chi connectivity index (χ0v) is 8.08. The van der Waals surface area contributed by atoms with Gasteiger partial charge in [-0.25, -0.2) is 0 Å². The number of halogens is 3. The second-order valence-corrected chi connectivity index (χ2v) is 4.69. The van der Waals surface area contributed by atoms with Crippen LogP contribution in [0.25, 0.3) is 0 Å². The van der Waals surface area contributed by atoms with Crippen LogP contribution in [0.2, 0.25) is 0 Å². The number of nitrogens with zero attached hydrogens (tertiary/aromatic N) is 1. The molecule has 0 aromatic rings. The van der Waals surface area contributed by atoms with Gasteiger partial charge in [-0.3, -0.25) is 0 Å². The Bertz CT molecular complexity index is 102. The molecule has 0 radical (unpaired) electrons. The summed E-state index contributed by atoms with van der Waals surface area (Å²) in [6.07, 6.45) is -0.938. The summed E-state index contributed by atoms with van der Waals surface area (Å²) in [5, 5.41) is 9.12. The standard InChI is InChI=1S/C5H10Cl3NO/c1-9(2)3-4(10)5(6,7)8/h4,10H,3H2,1-2H3. The van der Waals surface area contributed by atoms with E-state index in [2.05, 4.69) is 0 Å². The number of hydrogen-bond donors (Lipinski definition) is 1. The molecule has 1 N–H and O–H groups in total. The van der Waals surface area contributed by atoms with Gasteiger partial charge in [-0.1, -0.05) is 34.8 Å². The molecule has 2 nitrogen and oxygen atoms in total. The van der Waals surface area contributed by atoms with Gasteiger partial charge >= 0.3 is 0 Å². The van der Waals surface area contributed by atoms with Gasteiger partial charge in [0.25, 0.3) is 0 Å². The second-order valence-electron chi connectivity index (χ2n) is 2.32. The molecule has 5 heteroatoms. The number of aliphatic hydroxyl groups excluding tert-OH is 1. The Kier molecular flexibility index (Phi) is 4.29. The van der Waals surface area contributed by atoms with Crippen LogP contribution in [-0.4, -0.2) is 40.5 Å². The molecular weight excluding hydrogens is 196 g/mol. The molecule has 1 unspecified atom stereocenters. The first-order valence-electron chi connectivity index (χ1n) is 2.73. The largest absolute Gasteiger partial charge is 0.387 e. The molecule has 0 saturated carbocycles. The van der Waals surface area contributed by atoms with Crippen LogP contribution < -0.4 is 0 Å². The average Bonchev–Trinajstić information content (AvgIpc) is 1.60. The number of aliphatic hydroxyl groups is 1. The van der Waals surface area contributed by atoms with Crippen LogP contribution in [0.5, 0.6) is 0 Å².